The van der Waals surface area contributed by atoms with E-state index in [0.29, 0.717) is 0 Å². The standard InChI is InChI=1S/C14H20BrNO2/c1-10(11-7-5-6-8-12(11)15)16-13(17)9-18-14(2,3)4/h5-8,10H,9H2,1-4H3,(H,16,17)/t10-/m1/s1. The minimum absolute atomic E-state index is 0.0448. The Morgan fingerprint density at radius 3 is 2.56 bits per heavy atom. The third-order valence-electron chi connectivity index (χ3n) is 2.39. The molecule has 0 heterocycles. The van der Waals surface area contributed by atoms with E-state index < -0.39 is 0 Å². The van der Waals surface area contributed by atoms with Crippen molar-refractivity contribution in [2.45, 2.75) is 39.3 Å². The Bertz CT molecular complexity index is 413. The Morgan fingerprint density at radius 2 is 2.00 bits per heavy atom. The summed E-state index contributed by atoms with van der Waals surface area (Å²) >= 11 is 3.47. The molecule has 1 amide bonds. The van der Waals surface area contributed by atoms with Gasteiger partial charge in [0.1, 0.15) is 6.61 Å². The van der Waals surface area contributed by atoms with Crippen molar-refractivity contribution in [1.29, 1.82) is 0 Å². The summed E-state index contributed by atoms with van der Waals surface area (Å²) in [5.74, 6) is -0.104. The molecule has 0 aromatic heterocycles. The van der Waals surface area contributed by atoms with E-state index in [1.807, 2.05) is 52.0 Å². The zero-order valence-corrected chi connectivity index (χ0v) is 12.9. The quantitative estimate of drug-likeness (QED) is 0.924. The molecular weight excluding hydrogens is 294 g/mol. The minimum Gasteiger partial charge on any atom is -0.366 e. The maximum absolute atomic E-state index is 11.7. The smallest absolute Gasteiger partial charge is 0.246 e. The lowest BCUT2D eigenvalue weighted by molar-refractivity contribution is -0.131. The molecule has 100 valence electrons. The summed E-state index contributed by atoms with van der Waals surface area (Å²) in [6, 6.07) is 7.80. The Kier molecular flexibility index (Phi) is 5.35. The summed E-state index contributed by atoms with van der Waals surface area (Å²) in [7, 11) is 0. The number of carbonyl (C=O) groups is 1. The summed E-state index contributed by atoms with van der Waals surface area (Å²) in [6.07, 6.45) is 0. The van der Waals surface area contributed by atoms with Crippen LogP contribution in [0.25, 0.3) is 0 Å². The van der Waals surface area contributed by atoms with Gasteiger partial charge < -0.3 is 10.1 Å². The molecule has 0 aliphatic rings. The Morgan fingerprint density at radius 1 is 1.39 bits per heavy atom. The molecule has 1 rings (SSSR count). The van der Waals surface area contributed by atoms with Crippen LogP contribution in [0, 0.1) is 0 Å². The van der Waals surface area contributed by atoms with Gasteiger partial charge in [-0.05, 0) is 39.3 Å². The van der Waals surface area contributed by atoms with Crippen LogP contribution in [0.5, 0.6) is 0 Å². The van der Waals surface area contributed by atoms with E-state index in [2.05, 4.69) is 21.2 Å². The zero-order chi connectivity index (χ0) is 13.8. The van der Waals surface area contributed by atoms with Crippen molar-refractivity contribution in [2.24, 2.45) is 0 Å². The van der Waals surface area contributed by atoms with Gasteiger partial charge in [-0.1, -0.05) is 34.1 Å². The van der Waals surface area contributed by atoms with Gasteiger partial charge in [0, 0.05) is 4.47 Å². The van der Waals surface area contributed by atoms with Crippen LogP contribution in [-0.4, -0.2) is 18.1 Å². The molecule has 1 aromatic carbocycles. The molecule has 0 radical (unpaired) electrons. The first-order chi connectivity index (χ1) is 8.29. The summed E-state index contributed by atoms with van der Waals surface area (Å²) in [5.41, 5.74) is 0.759. The van der Waals surface area contributed by atoms with Gasteiger partial charge in [-0.15, -0.1) is 0 Å². The molecule has 0 spiro atoms. The second-order valence-electron chi connectivity index (χ2n) is 5.21. The van der Waals surface area contributed by atoms with Crippen molar-refractivity contribution >= 4 is 21.8 Å². The summed E-state index contributed by atoms with van der Waals surface area (Å²) in [4.78, 5) is 11.7. The van der Waals surface area contributed by atoms with Gasteiger partial charge in [0.15, 0.2) is 0 Å². The molecule has 0 saturated heterocycles. The number of carbonyl (C=O) groups excluding carboxylic acids is 1. The van der Waals surface area contributed by atoms with Crippen LogP contribution in [0.4, 0.5) is 0 Å². The van der Waals surface area contributed by atoms with Gasteiger partial charge in [0.05, 0.1) is 11.6 Å². The summed E-state index contributed by atoms with van der Waals surface area (Å²) < 4.78 is 6.43. The summed E-state index contributed by atoms with van der Waals surface area (Å²) in [6.45, 7) is 7.82. The fraction of sp³-hybridized carbons (Fsp3) is 0.500. The van der Waals surface area contributed by atoms with Crippen LogP contribution in [0.1, 0.15) is 39.3 Å². The van der Waals surface area contributed by atoms with E-state index in [1.54, 1.807) is 0 Å². The second-order valence-corrected chi connectivity index (χ2v) is 6.07. The van der Waals surface area contributed by atoms with E-state index in [9.17, 15) is 4.79 Å². The number of hydrogen-bond acceptors (Lipinski definition) is 2. The monoisotopic (exact) mass is 313 g/mol. The molecule has 0 aliphatic heterocycles. The summed E-state index contributed by atoms with van der Waals surface area (Å²) in [5, 5.41) is 2.92. The Hall–Kier alpha value is -0.870. The number of ether oxygens (including phenoxy) is 1. The molecule has 0 unspecified atom stereocenters. The predicted molar refractivity (Wildman–Crippen MR) is 76.4 cm³/mol. The van der Waals surface area contributed by atoms with Crippen molar-refractivity contribution in [3.63, 3.8) is 0 Å². The molecule has 0 fully saturated rings. The van der Waals surface area contributed by atoms with Crippen LogP contribution in [0.15, 0.2) is 28.7 Å². The highest BCUT2D eigenvalue weighted by molar-refractivity contribution is 9.10. The topological polar surface area (TPSA) is 38.3 Å². The average Bonchev–Trinajstić information content (AvgIpc) is 2.26. The third kappa shape index (κ3) is 5.19. The number of rotatable bonds is 4. The highest BCUT2D eigenvalue weighted by Crippen LogP contribution is 2.22. The fourth-order valence-electron chi connectivity index (χ4n) is 1.47. The predicted octanol–water partition coefficient (Wildman–Crippen LogP) is 3.44. The number of amides is 1. The molecule has 3 nitrogen and oxygen atoms in total. The molecule has 1 aromatic rings. The lowest BCUT2D eigenvalue weighted by Gasteiger charge is -2.21. The molecule has 1 N–H and O–H groups in total. The van der Waals surface area contributed by atoms with Crippen LogP contribution in [-0.2, 0) is 9.53 Å². The van der Waals surface area contributed by atoms with Crippen LogP contribution >= 0.6 is 15.9 Å². The van der Waals surface area contributed by atoms with Crippen molar-refractivity contribution in [3.8, 4) is 0 Å². The van der Waals surface area contributed by atoms with Gasteiger partial charge in [-0.25, -0.2) is 0 Å². The minimum atomic E-state index is -0.298. The normalized spacial score (nSPS) is 13.2. The van der Waals surface area contributed by atoms with Crippen LogP contribution < -0.4 is 5.32 Å². The largest absolute Gasteiger partial charge is 0.366 e. The first kappa shape index (κ1) is 15.2. The van der Waals surface area contributed by atoms with Gasteiger partial charge in [-0.3, -0.25) is 4.79 Å². The molecule has 18 heavy (non-hydrogen) atoms. The highest BCUT2D eigenvalue weighted by atomic mass is 79.9. The van der Waals surface area contributed by atoms with Crippen molar-refractivity contribution < 1.29 is 9.53 Å². The van der Waals surface area contributed by atoms with Crippen molar-refractivity contribution in [2.75, 3.05) is 6.61 Å². The number of halogens is 1. The molecule has 0 bridgehead atoms. The number of nitrogens with one attached hydrogen (secondary N) is 1. The first-order valence-corrected chi connectivity index (χ1v) is 6.76. The maximum Gasteiger partial charge on any atom is 0.246 e. The van der Waals surface area contributed by atoms with Gasteiger partial charge >= 0.3 is 0 Å². The molecule has 4 heteroatoms. The van der Waals surface area contributed by atoms with E-state index in [-0.39, 0.29) is 24.2 Å². The maximum atomic E-state index is 11.7. The Labute approximate surface area is 117 Å². The van der Waals surface area contributed by atoms with E-state index >= 15 is 0 Å². The number of benzene rings is 1. The van der Waals surface area contributed by atoms with Crippen LogP contribution in [0.2, 0.25) is 0 Å². The highest BCUT2D eigenvalue weighted by Gasteiger charge is 2.15. The number of hydrogen-bond donors (Lipinski definition) is 1. The lowest BCUT2D eigenvalue weighted by Crippen LogP contribution is -2.33. The first-order valence-electron chi connectivity index (χ1n) is 5.97. The fourth-order valence-corrected chi connectivity index (χ4v) is 2.10. The van der Waals surface area contributed by atoms with Crippen molar-refractivity contribution in [3.05, 3.63) is 34.3 Å². The van der Waals surface area contributed by atoms with Crippen LogP contribution in [0.3, 0.4) is 0 Å². The molecule has 0 aliphatic carbocycles. The third-order valence-corrected chi connectivity index (χ3v) is 3.11. The molecular formula is C14H20BrNO2. The zero-order valence-electron chi connectivity index (χ0n) is 11.3. The van der Waals surface area contributed by atoms with Crippen molar-refractivity contribution in [1.82, 2.24) is 5.32 Å². The van der Waals surface area contributed by atoms with Gasteiger partial charge in [0.2, 0.25) is 5.91 Å². The van der Waals surface area contributed by atoms with E-state index in [4.69, 9.17) is 4.74 Å². The van der Waals surface area contributed by atoms with Gasteiger partial charge in [-0.2, -0.15) is 0 Å². The average molecular weight is 314 g/mol. The second kappa shape index (κ2) is 6.34. The van der Waals surface area contributed by atoms with Gasteiger partial charge in [0.25, 0.3) is 0 Å². The molecule has 0 saturated carbocycles. The molecule has 1 atom stereocenters. The SMILES string of the molecule is C[C@@H](NC(=O)COC(C)(C)C)c1ccccc1Br. The van der Waals surface area contributed by atoms with E-state index in [0.717, 1.165) is 10.0 Å². The Balaban J connectivity index is 2.53. The van der Waals surface area contributed by atoms with E-state index in [1.165, 1.54) is 0 Å². The lowest BCUT2D eigenvalue weighted by atomic mass is 10.1.